The first-order chi connectivity index (χ1) is 11.3. The largest absolute Gasteiger partial charge is 0.391 e. The van der Waals surface area contributed by atoms with Gasteiger partial charge in [-0.25, -0.2) is 5.10 Å². The maximum Gasteiger partial charge on any atom is 0.205 e. The van der Waals surface area contributed by atoms with Crippen molar-refractivity contribution in [3.63, 3.8) is 0 Å². The van der Waals surface area contributed by atoms with E-state index in [0.29, 0.717) is 5.69 Å². The van der Waals surface area contributed by atoms with Crippen molar-refractivity contribution in [2.75, 3.05) is 0 Å². The van der Waals surface area contributed by atoms with Crippen LogP contribution in [0, 0.1) is 12.1 Å². The van der Waals surface area contributed by atoms with Crippen LogP contribution < -0.4 is 5.10 Å². The van der Waals surface area contributed by atoms with E-state index in [2.05, 4.69) is 31.3 Å². The molecule has 0 fully saturated rings. The quantitative estimate of drug-likeness (QED) is 0.397. The molecule has 0 bridgehead atoms. The Morgan fingerprint density at radius 2 is 1.92 bits per heavy atom. The SMILES string of the molecule is Fc1n[n-]c(-c2ccccn2)n1.[Ir].[c-]1ccccc1-n1cccn1. The summed E-state index contributed by atoms with van der Waals surface area (Å²) in [6, 6.07) is 17.9. The van der Waals surface area contributed by atoms with E-state index < -0.39 is 6.08 Å². The molecule has 0 saturated carbocycles. The zero-order valence-electron chi connectivity index (χ0n) is 12.2. The Morgan fingerprint density at radius 3 is 2.50 bits per heavy atom. The molecule has 24 heavy (non-hydrogen) atoms. The first-order valence-corrected chi connectivity index (χ1v) is 6.74. The Balaban J connectivity index is 0.000000167. The molecular formula is C16H11FIrN6-2. The second-order valence-electron chi connectivity index (χ2n) is 4.32. The summed E-state index contributed by atoms with van der Waals surface area (Å²) in [5.41, 5.74) is 1.49. The van der Waals surface area contributed by atoms with Gasteiger partial charge in [-0.05, 0) is 29.7 Å². The zero-order valence-corrected chi connectivity index (χ0v) is 14.6. The van der Waals surface area contributed by atoms with Crippen LogP contribution in [0.2, 0.25) is 0 Å². The van der Waals surface area contributed by atoms with Crippen LogP contribution in [0.5, 0.6) is 0 Å². The average Bonchev–Trinajstić information content (AvgIpc) is 3.29. The molecule has 3 aromatic heterocycles. The Labute approximate surface area is 151 Å². The van der Waals surface area contributed by atoms with Crippen molar-refractivity contribution in [1.82, 2.24) is 29.9 Å². The molecule has 0 saturated heterocycles. The van der Waals surface area contributed by atoms with E-state index in [0.717, 1.165) is 5.69 Å². The van der Waals surface area contributed by atoms with Crippen LogP contribution in [0.1, 0.15) is 0 Å². The summed E-state index contributed by atoms with van der Waals surface area (Å²) in [7, 11) is 0. The van der Waals surface area contributed by atoms with E-state index in [1.807, 2.05) is 36.5 Å². The van der Waals surface area contributed by atoms with E-state index in [-0.39, 0.29) is 25.9 Å². The number of para-hydroxylation sites is 1. The van der Waals surface area contributed by atoms with E-state index in [9.17, 15) is 4.39 Å². The van der Waals surface area contributed by atoms with Crippen LogP contribution in [-0.2, 0) is 20.1 Å². The van der Waals surface area contributed by atoms with Gasteiger partial charge < -0.3 is 10.1 Å². The number of benzene rings is 1. The second-order valence-corrected chi connectivity index (χ2v) is 4.32. The summed E-state index contributed by atoms with van der Waals surface area (Å²) in [5, 5.41) is 10.7. The third kappa shape index (κ3) is 4.65. The Kier molecular flexibility index (Phi) is 6.48. The number of hydrogen-bond acceptors (Lipinski definition) is 4. The predicted molar refractivity (Wildman–Crippen MR) is 80.9 cm³/mol. The summed E-state index contributed by atoms with van der Waals surface area (Å²) >= 11 is 0. The number of aromatic nitrogens is 6. The Bertz CT molecular complexity index is 833. The second kappa shape index (κ2) is 8.81. The van der Waals surface area contributed by atoms with Gasteiger partial charge in [0, 0.05) is 38.7 Å². The standard InChI is InChI=1S/C9H7N2.C7H4FN4.Ir/c1-2-5-9(6-3-1)11-8-4-7-10-11;8-7-10-6(11-12-7)5-3-1-2-4-9-5;/h1-5,7-8H;1-4H;/q2*-1;. The molecule has 0 unspecified atom stereocenters. The van der Waals surface area contributed by atoms with E-state index in [1.54, 1.807) is 35.3 Å². The molecule has 1 aromatic carbocycles. The molecule has 4 aromatic rings. The van der Waals surface area contributed by atoms with Crippen LogP contribution in [-0.4, -0.2) is 24.8 Å². The van der Waals surface area contributed by atoms with Crippen molar-refractivity contribution in [3.8, 4) is 17.2 Å². The molecule has 123 valence electrons. The van der Waals surface area contributed by atoms with Gasteiger partial charge in [-0.2, -0.15) is 33.8 Å². The van der Waals surface area contributed by atoms with Gasteiger partial charge in [0.2, 0.25) is 6.08 Å². The molecule has 0 spiro atoms. The van der Waals surface area contributed by atoms with Gasteiger partial charge in [-0.3, -0.25) is 9.67 Å². The molecule has 0 aliphatic heterocycles. The molecule has 1 radical (unpaired) electrons. The van der Waals surface area contributed by atoms with Gasteiger partial charge >= 0.3 is 0 Å². The van der Waals surface area contributed by atoms with Crippen LogP contribution in [0.25, 0.3) is 17.2 Å². The van der Waals surface area contributed by atoms with Crippen LogP contribution in [0.3, 0.4) is 0 Å². The number of nitrogens with zero attached hydrogens (tertiary/aromatic N) is 6. The smallest absolute Gasteiger partial charge is 0.205 e. The molecule has 6 nitrogen and oxygen atoms in total. The third-order valence-electron chi connectivity index (χ3n) is 2.76. The minimum absolute atomic E-state index is 0. The summed E-state index contributed by atoms with van der Waals surface area (Å²) in [4.78, 5) is 7.36. The maximum atomic E-state index is 12.3. The predicted octanol–water partition coefficient (Wildman–Crippen LogP) is 2.30. The van der Waals surface area contributed by atoms with E-state index in [4.69, 9.17) is 0 Å². The normalized spacial score (nSPS) is 9.54. The minimum Gasteiger partial charge on any atom is -0.391 e. The molecule has 0 atom stereocenters. The molecule has 8 heteroatoms. The molecule has 0 N–H and O–H groups in total. The fourth-order valence-corrected chi connectivity index (χ4v) is 1.76. The average molecular weight is 499 g/mol. The van der Waals surface area contributed by atoms with Crippen molar-refractivity contribution in [3.05, 3.63) is 79.3 Å². The Morgan fingerprint density at radius 1 is 1.04 bits per heavy atom. The summed E-state index contributed by atoms with van der Waals surface area (Å²) < 4.78 is 14.1. The van der Waals surface area contributed by atoms with Crippen molar-refractivity contribution in [2.45, 2.75) is 0 Å². The van der Waals surface area contributed by atoms with E-state index >= 15 is 0 Å². The van der Waals surface area contributed by atoms with Gasteiger partial charge in [-0.15, -0.1) is 6.07 Å². The monoisotopic (exact) mass is 499 g/mol. The number of rotatable bonds is 2. The fourth-order valence-electron chi connectivity index (χ4n) is 1.76. The summed E-state index contributed by atoms with van der Waals surface area (Å²) in [5.74, 6) is 0.216. The number of hydrogen-bond donors (Lipinski definition) is 0. The van der Waals surface area contributed by atoms with Crippen molar-refractivity contribution >= 4 is 0 Å². The number of halogens is 1. The van der Waals surface area contributed by atoms with Crippen molar-refractivity contribution in [1.29, 1.82) is 0 Å². The van der Waals surface area contributed by atoms with Crippen molar-refractivity contribution in [2.24, 2.45) is 0 Å². The molecule has 0 aliphatic carbocycles. The number of pyridine rings is 1. The van der Waals surface area contributed by atoms with Gasteiger partial charge in [-0.1, -0.05) is 6.07 Å². The molecule has 4 rings (SSSR count). The summed E-state index contributed by atoms with van der Waals surface area (Å²) in [6.07, 6.45) is 4.41. The molecule has 0 aliphatic rings. The minimum atomic E-state index is -0.823. The van der Waals surface area contributed by atoms with Crippen LogP contribution >= 0.6 is 0 Å². The first-order valence-electron chi connectivity index (χ1n) is 6.74. The Hall–Kier alpha value is -2.70. The first kappa shape index (κ1) is 17.7. The fraction of sp³-hybridized carbons (Fsp3) is 0. The third-order valence-corrected chi connectivity index (χ3v) is 2.76. The summed E-state index contributed by atoms with van der Waals surface area (Å²) in [6.45, 7) is 0. The van der Waals surface area contributed by atoms with Crippen molar-refractivity contribution < 1.29 is 24.5 Å². The zero-order chi connectivity index (χ0) is 15.9. The molecule has 0 amide bonds. The van der Waals surface area contributed by atoms with Crippen LogP contribution in [0.4, 0.5) is 4.39 Å². The van der Waals surface area contributed by atoms with Gasteiger partial charge in [0.15, 0.2) is 0 Å². The van der Waals surface area contributed by atoms with Gasteiger partial charge in [0.05, 0.1) is 5.69 Å². The molecule has 3 heterocycles. The van der Waals surface area contributed by atoms with E-state index in [1.165, 1.54) is 0 Å². The van der Waals surface area contributed by atoms with Crippen LogP contribution in [0.15, 0.2) is 67.1 Å². The maximum absolute atomic E-state index is 12.3. The topological polar surface area (TPSA) is 70.6 Å². The van der Waals surface area contributed by atoms with Gasteiger partial charge in [0.1, 0.15) is 0 Å². The molecular weight excluding hydrogens is 487 g/mol. The van der Waals surface area contributed by atoms with Gasteiger partial charge in [0.25, 0.3) is 0 Å².